The normalized spacial score (nSPS) is 31.8. The third-order valence-corrected chi connectivity index (χ3v) is 7.15. The highest BCUT2D eigenvalue weighted by atomic mass is 79.9. The van der Waals surface area contributed by atoms with E-state index in [0.29, 0.717) is 11.6 Å². The van der Waals surface area contributed by atoms with Crippen molar-refractivity contribution in [3.05, 3.63) is 22.4 Å². The molecular weight excluding hydrogens is 378 g/mol. The number of halogens is 1. The first-order valence-electron chi connectivity index (χ1n) is 9.64. The first-order valence-corrected chi connectivity index (χ1v) is 10.4. The van der Waals surface area contributed by atoms with E-state index >= 15 is 0 Å². The Bertz CT molecular complexity index is 690. The zero-order chi connectivity index (χ0) is 17.8. The molecule has 25 heavy (non-hydrogen) atoms. The largest absolute Gasteiger partial charge is 0.307 e. The standard InChI is InChI=1S/C20H28BrN3O/c1-4-20(23-8-6-5-7-9-23)11-15(12-20)24-16-10-14(21)13-22-17(16)19(2,3)18(24)25/h10,13,15H,4-9,11-12H2,1-3H3. The Morgan fingerprint density at radius 3 is 2.56 bits per heavy atom. The minimum absolute atomic E-state index is 0.210. The number of piperidine rings is 1. The van der Waals surface area contributed by atoms with Crippen LogP contribution in [0.25, 0.3) is 0 Å². The molecule has 5 heteroatoms. The zero-order valence-corrected chi connectivity index (χ0v) is 17.1. The summed E-state index contributed by atoms with van der Waals surface area (Å²) in [5.41, 5.74) is 1.72. The fourth-order valence-corrected chi connectivity index (χ4v) is 5.43. The number of aromatic nitrogens is 1. The number of carbonyl (C=O) groups is 1. The Balaban J connectivity index is 1.60. The zero-order valence-electron chi connectivity index (χ0n) is 15.5. The summed E-state index contributed by atoms with van der Waals surface area (Å²) >= 11 is 3.53. The maximum atomic E-state index is 13.2. The minimum atomic E-state index is -0.522. The van der Waals surface area contributed by atoms with Crippen molar-refractivity contribution in [2.24, 2.45) is 0 Å². The molecule has 0 bridgehead atoms. The first kappa shape index (κ1) is 17.5. The van der Waals surface area contributed by atoms with Gasteiger partial charge in [0.05, 0.1) is 16.8 Å². The molecule has 1 saturated heterocycles. The Labute approximate surface area is 159 Å². The van der Waals surface area contributed by atoms with Crippen LogP contribution in [0.4, 0.5) is 5.69 Å². The molecule has 1 aromatic heterocycles. The van der Waals surface area contributed by atoms with E-state index in [0.717, 1.165) is 28.7 Å². The average molecular weight is 406 g/mol. The van der Waals surface area contributed by atoms with E-state index in [4.69, 9.17) is 0 Å². The van der Waals surface area contributed by atoms with Crippen molar-refractivity contribution in [3.63, 3.8) is 0 Å². The van der Waals surface area contributed by atoms with Crippen molar-refractivity contribution < 1.29 is 4.79 Å². The molecule has 4 rings (SSSR count). The van der Waals surface area contributed by atoms with Gasteiger partial charge < -0.3 is 4.90 Å². The highest BCUT2D eigenvalue weighted by Gasteiger charge is 2.55. The molecule has 2 aliphatic heterocycles. The van der Waals surface area contributed by atoms with Crippen molar-refractivity contribution in [2.45, 2.75) is 76.3 Å². The number of fused-ring (bicyclic) bond motifs is 1. The van der Waals surface area contributed by atoms with Crippen molar-refractivity contribution in [1.29, 1.82) is 0 Å². The lowest BCUT2D eigenvalue weighted by Gasteiger charge is -2.57. The van der Waals surface area contributed by atoms with Gasteiger partial charge in [-0.2, -0.15) is 0 Å². The number of pyridine rings is 1. The summed E-state index contributed by atoms with van der Waals surface area (Å²) in [7, 11) is 0. The fraction of sp³-hybridized carbons (Fsp3) is 0.700. The summed E-state index contributed by atoms with van der Waals surface area (Å²) in [5, 5.41) is 0. The van der Waals surface area contributed by atoms with E-state index in [2.05, 4.69) is 43.7 Å². The number of amides is 1. The molecule has 3 heterocycles. The maximum Gasteiger partial charge on any atom is 0.239 e. The summed E-state index contributed by atoms with van der Waals surface area (Å²) in [4.78, 5) is 22.5. The number of hydrogen-bond acceptors (Lipinski definition) is 3. The molecule has 4 nitrogen and oxygen atoms in total. The summed E-state index contributed by atoms with van der Waals surface area (Å²) in [5.74, 6) is 0.210. The van der Waals surface area contributed by atoms with Gasteiger partial charge in [-0.3, -0.25) is 14.7 Å². The molecule has 136 valence electrons. The van der Waals surface area contributed by atoms with Crippen LogP contribution in [0, 0.1) is 0 Å². The molecule has 0 spiro atoms. The predicted molar refractivity (Wildman–Crippen MR) is 104 cm³/mol. The van der Waals surface area contributed by atoms with Gasteiger partial charge in [0.25, 0.3) is 0 Å². The monoisotopic (exact) mass is 405 g/mol. The van der Waals surface area contributed by atoms with Crippen LogP contribution in [0.1, 0.15) is 65.0 Å². The third kappa shape index (κ3) is 2.57. The van der Waals surface area contributed by atoms with Crippen LogP contribution in [0.15, 0.2) is 16.7 Å². The summed E-state index contributed by atoms with van der Waals surface area (Å²) < 4.78 is 0.943. The molecule has 0 atom stereocenters. The molecule has 1 aromatic rings. The molecule has 0 radical (unpaired) electrons. The van der Waals surface area contributed by atoms with Crippen molar-refractivity contribution in [3.8, 4) is 0 Å². The van der Waals surface area contributed by atoms with Crippen LogP contribution in [0.3, 0.4) is 0 Å². The van der Waals surface area contributed by atoms with E-state index in [-0.39, 0.29) is 5.91 Å². The quantitative estimate of drug-likeness (QED) is 0.753. The minimum Gasteiger partial charge on any atom is -0.307 e. The van der Waals surface area contributed by atoms with Gasteiger partial charge in [0.15, 0.2) is 0 Å². The highest BCUT2D eigenvalue weighted by molar-refractivity contribution is 9.10. The van der Waals surface area contributed by atoms with Crippen molar-refractivity contribution >= 4 is 27.5 Å². The molecule has 0 unspecified atom stereocenters. The van der Waals surface area contributed by atoms with E-state index in [9.17, 15) is 4.79 Å². The topological polar surface area (TPSA) is 36.4 Å². The Hall–Kier alpha value is -0.940. The molecule has 1 aliphatic carbocycles. The van der Waals surface area contributed by atoms with Crippen LogP contribution in [0.5, 0.6) is 0 Å². The average Bonchev–Trinajstić information content (AvgIpc) is 2.75. The summed E-state index contributed by atoms with van der Waals surface area (Å²) in [6.45, 7) is 8.77. The van der Waals surface area contributed by atoms with Gasteiger partial charge in [-0.1, -0.05) is 13.3 Å². The Morgan fingerprint density at radius 2 is 1.92 bits per heavy atom. The van der Waals surface area contributed by atoms with Crippen LogP contribution in [0.2, 0.25) is 0 Å². The lowest BCUT2D eigenvalue weighted by molar-refractivity contribution is -0.124. The van der Waals surface area contributed by atoms with E-state index in [1.54, 1.807) is 0 Å². The lowest BCUT2D eigenvalue weighted by atomic mass is 9.68. The summed E-state index contributed by atoms with van der Waals surface area (Å²) in [6.07, 6.45) is 9.18. The van der Waals surface area contributed by atoms with Crippen molar-refractivity contribution in [2.75, 3.05) is 18.0 Å². The third-order valence-electron chi connectivity index (χ3n) is 6.72. The molecule has 0 N–H and O–H groups in total. The molecule has 2 fully saturated rings. The van der Waals surface area contributed by atoms with Gasteiger partial charge in [-0.05, 0) is 81.0 Å². The molecule has 0 aromatic carbocycles. The van der Waals surface area contributed by atoms with E-state index in [1.165, 1.54) is 38.8 Å². The van der Waals surface area contributed by atoms with Crippen LogP contribution >= 0.6 is 15.9 Å². The van der Waals surface area contributed by atoms with Gasteiger partial charge in [-0.25, -0.2) is 0 Å². The smallest absolute Gasteiger partial charge is 0.239 e. The number of hydrogen-bond donors (Lipinski definition) is 0. The Morgan fingerprint density at radius 1 is 1.24 bits per heavy atom. The van der Waals surface area contributed by atoms with Gasteiger partial charge in [0.2, 0.25) is 5.91 Å². The van der Waals surface area contributed by atoms with Crippen LogP contribution < -0.4 is 4.90 Å². The Kier molecular flexibility index (Phi) is 4.23. The second kappa shape index (κ2) is 6.05. The predicted octanol–water partition coefficient (Wildman–Crippen LogP) is 4.27. The van der Waals surface area contributed by atoms with Gasteiger partial charge in [0.1, 0.15) is 0 Å². The van der Waals surface area contributed by atoms with Crippen LogP contribution in [-0.4, -0.2) is 40.5 Å². The SMILES string of the molecule is CCC1(N2CCCCC2)CC(N2C(=O)C(C)(C)c3ncc(Br)cc32)C1. The fourth-order valence-electron chi connectivity index (χ4n) is 5.11. The number of nitrogens with zero attached hydrogens (tertiary/aromatic N) is 3. The van der Waals surface area contributed by atoms with Crippen LogP contribution in [-0.2, 0) is 10.2 Å². The second-order valence-electron chi connectivity index (χ2n) is 8.51. The van der Waals surface area contributed by atoms with E-state index in [1.807, 2.05) is 20.0 Å². The van der Waals surface area contributed by atoms with Gasteiger partial charge in [0, 0.05) is 22.3 Å². The highest BCUT2D eigenvalue weighted by Crippen LogP contribution is 2.50. The number of likely N-dealkylation sites (tertiary alicyclic amines) is 1. The molecular formula is C20H28BrN3O. The first-order chi connectivity index (χ1) is 11.9. The van der Waals surface area contributed by atoms with Gasteiger partial charge >= 0.3 is 0 Å². The number of anilines is 1. The molecule has 1 amide bonds. The molecule has 1 saturated carbocycles. The second-order valence-corrected chi connectivity index (χ2v) is 9.42. The van der Waals surface area contributed by atoms with Gasteiger partial charge in [-0.15, -0.1) is 0 Å². The summed E-state index contributed by atoms with van der Waals surface area (Å²) in [6, 6.07) is 2.38. The van der Waals surface area contributed by atoms with Crippen molar-refractivity contribution in [1.82, 2.24) is 9.88 Å². The number of rotatable bonds is 3. The molecule has 3 aliphatic rings. The number of carbonyl (C=O) groups excluding carboxylic acids is 1. The van der Waals surface area contributed by atoms with E-state index < -0.39 is 5.41 Å². The maximum absolute atomic E-state index is 13.2. The lowest BCUT2D eigenvalue weighted by Crippen LogP contribution is -2.65.